The molecule has 1 unspecified atom stereocenters. The number of nitrogens with one attached hydrogen (secondary N) is 2. The molecule has 0 spiro atoms. The van der Waals surface area contributed by atoms with Crippen LogP contribution in [-0.4, -0.2) is 59.3 Å². The van der Waals surface area contributed by atoms with Crippen LogP contribution in [0.2, 0.25) is 0 Å². The number of carbonyl (C=O) groups excluding carboxylic acids is 1. The summed E-state index contributed by atoms with van der Waals surface area (Å²) in [4.78, 5) is 19.1. The second-order valence-electron chi connectivity index (χ2n) is 6.98. The molecule has 1 aliphatic rings. The number of aromatic nitrogens is 2. The molecule has 164 valence electrons. The standard InChI is InChI=1S/C21H30N6O2.HI/c1-4-22-20(28)17-8-6-7-16(11-17)12-24-21(23-5-2)27-9-10-29-19(15-27)18-13-25-26(3)14-18;/h6-8,11,13-14,19H,4-5,9-10,12,15H2,1-3H3,(H,22,28)(H,23,24);1H. The van der Waals surface area contributed by atoms with E-state index in [1.165, 1.54) is 0 Å². The highest BCUT2D eigenvalue weighted by atomic mass is 127. The van der Waals surface area contributed by atoms with Crippen molar-refractivity contribution in [3.05, 3.63) is 53.3 Å². The Labute approximate surface area is 195 Å². The molecule has 1 aromatic heterocycles. The maximum absolute atomic E-state index is 12.1. The molecule has 3 rings (SSSR count). The molecule has 2 aromatic rings. The highest BCUT2D eigenvalue weighted by Gasteiger charge is 2.25. The number of benzene rings is 1. The maximum atomic E-state index is 12.1. The zero-order valence-corrected chi connectivity index (χ0v) is 20.1. The van der Waals surface area contributed by atoms with E-state index in [2.05, 4.69) is 27.6 Å². The van der Waals surface area contributed by atoms with Gasteiger partial charge in [0.2, 0.25) is 0 Å². The van der Waals surface area contributed by atoms with Crippen molar-refractivity contribution in [1.82, 2.24) is 25.3 Å². The Morgan fingerprint density at radius 2 is 2.10 bits per heavy atom. The van der Waals surface area contributed by atoms with Crippen molar-refractivity contribution in [1.29, 1.82) is 0 Å². The molecule has 8 nitrogen and oxygen atoms in total. The number of ether oxygens (including phenoxy) is 1. The van der Waals surface area contributed by atoms with Crippen molar-refractivity contribution in [3.8, 4) is 0 Å². The van der Waals surface area contributed by atoms with E-state index >= 15 is 0 Å². The summed E-state index contributed by atoms with van der Waals surface area (Å²) in [5.74, 6) is 0.797. The fourth-order valence-corrected chi connectivity index (χ4v) is 3.32. The van der Waals surface area contributed by atoms with Gasteiger partial charge in [0, 0.05) is 44.0 Å². The molecule has 0 aliphatic carbocycles. The number of hydrogen-bond donors (Lipinski definition) is 2. The molecular weight excluding hydrogens is 495 g/mol. The predicted octanol–water partition coefficient (Wildman–Crippen LogP) is 2.33. The summed E-state index contributed by atoms with van der Waals surface area (Å²) >= 11 is 0. The molecule has 1 aromatic carbocycles. The van der Waals surface area contributed by atoms with Crippen LogP contribution in [0.15, 0.2) is 41.7 Å². The molecule has 0 saturated carbocycles. The lowest BCUT2D eigenvalue weighted by atomic mass is 10.1. The lowest BCUT2D eigenvalue weighted by Crippen LogP contribution is -2.48. The molecule has 1 saturated heterocycles. The maximum Gasteiger partial charge on any atom is 0.251 e. The number of guanidine groups is 1. The Balaban J connectivity index is 0.00000320. The number of aliphatic imine (C=N–C) groups is 1. The lowest BCUT2D eigenvalue weighted by molar-refractivity contribution is -0.00805. The van der Waals surface area contributed by atoms with E-state index in [9.17, 15) is 4.79 Å². The number of rotatable bonds is 6. The first-order valence-electron chi connectivity index (χ1n) is 10.1. The molecule has 1 aliphatic heterocycles. The van der Waals surface area contributed by atoms with Crippen LogP contribution >= 0.6 is 24.0 Å². The van der Waals surface area contributed by atoms with Gasteiger partial charge in [0.25, 0.3) is 5.91 Å². The highest BCUT2D eigenvalue weighted by Crippen LogP contribution is 2.21. The second-order valence-corrected chi connectivity index (χ2v) is 6.98. The minimum Gasteiger partial charge on any atom is -0.370 e. The minimum absolute atomic E-state index is 0. The first kappa shape index (κ1) is 24.1. The number of carbonyl (C=O) groups is 1. The van der Waals surface area contributed by atoms with E-state index in [1.807, 2.05) is 50.6 Å². The first-order valence-corrected chi connectivity index (χ1v) is 10.1. The van der Waals surface area contributed by atoms with E-state index in [0.29, 0.717) is 25.3 Å². The molecule has 1 atom stereocenters. The van der Waals surface area contributed by atoms with Gasteiger partial charge in [0.05, 0.1) is 25.9 Å². The predicted molar refractivity (Wildman–Crippen MR) is 128 cm³/mol. The third kappa shape index (κ3) is 6.43. The lowest BCUT2D eigenvalue weighted by Gasteiger charge is -2.34. The van der Waals surface area contributed by atoms with Crippen molar-refractivity contribution < 1.29 is 9.53 Å². The van der Waals surface area contributed by atoms with Gasteiger partial charge in [-0.3, -0.25) is 9.48 Å². The van der Waals surface area contributed by atoms with E-state index in [-0.39, 0.29) is 36.0 Å². The van der Waals surface area contributed by atoms with E-state index in [1.54, 1.807) is 4.68 Å². The molecule has 9 heteroatoms. The van der Waals surface area contributed by atoms with Gasteiger partial charge in [-0.2, -0.15) is 5.10 Å². The van der Waals surface area contributed by atoms with Crippen LogP contribution in [0, 0.1) is 0 Å². The molecule has 0 radical (unpaired) electrons. The van der Waals surface area contributed by atoms with Crippen molar-refractivity contribution in [2.75, 3.05) is 32.8 Å². The Kier molecular flexibility index (Phi) is 9.57. The highest BCUT2D eigenvalue weighted by molar-refractivity contribution is 14.0. The Morgan fingerprint density at radius 1 is 1.30 bits per heavy atom. The van der Waals surface area contributed by atoms with Gasteiger partial charge in [-0.15, -0.1) is 24.0 Å². The summed E-state index contributed by atoms with van der Waals surface area (Å²) in [5.41, 5.74) is 2.73. The van der Waals surface area contributed by atoms with E-state index in [0.717, 1.165) is 36.7 Å². The van der Waals surface area contributed by atoms with Crippen LogP contribution in [0.25, 0.3) is 0 Å². The van der Waals surface area contributed by atoms with Crippen LogP contribution in [0.3, 0.4) is 0 Å². The number of nitrogens with zero attached hydrogens (tertiary/aromatic N) is 4. The SMILES string of the molecule is CCNC(=O)c1cccc(CN=C(NCC)N2CCOC(c3cnn(C)c3)C2)c1.I. The van der Waals surface area contributed by atoms with Gasteiger partial charge in [0.15, 0.2) is 5.96 Å². The van der Waals surface area contributed by atoms with Gasteiger partial charge >= 0.3 is 0 Å². The van der Waals surface area contributed by atoms with Crippen LogP contribution in [0.1, 0.15) is 41.4 Å². The number of hydrogen-bond acceptors (Lipinski definition) is 4. The molecule has 0 bridgehead atoms. The summed E-state index contributed by atoms with van der Waals surface area (Å²) in [6.07, 6.45) is 3.82. The Hall–Kier alpha value is -2.14. The van der Waals surface area contributed by atoms with Gasteiger partial charge in [0.1, 0.15) is 6.10 Å². The second kappa shape index (κ2) is 11.9. The number of aryl methyl sites for hydroxylation is 1. The average Bonchev–Trinajstić information content (AvgIpc) is 3.18. The van der Waals surface area contributed by atoms with Crippen LogP contribution in [0.4, 0.5) is 0 Å². The molecule has 1 fully saturated rings. The Bertz CT molecular complexity index is 854. The molecule has 2 N–H and O–H groups in total. The zero-order chi connectivity index (χ0) is 20.6. The van der Waals surface area contributed by atoms with Crippen LogP contribution in [0.5, 0.6) is 0 Å². The van der Waals surface area contributed by atoms with Crippen molar-refractivity contribution >= 4 is 35.8 Å². The molecule has 1 amide bonds. The minimum atomic E-state index is -0.0577. The van der Waals surface area contributed by atoms with Gasteiger partial charge in [-0.1, -0.05) is 12.1 Å². The van der Waals surface area contributed by atoms with Crippen molar-refractivity contribution in [2.45, 2.75) is 26.5 Å². The molecular formula is C21H31IN6O2. The topological polar surface area (TPSA) is 83.8 Å². The van der Waals surface area contributed by atoms with Gasteiger partial charge in [-0.25, -0.2) is 4.99 Å². The van der Waals surface area contributed by atoms with Crippen molar-refractivity contribution in [3.63, 3.8) is 0 Å². The monoisotopic (exact) mass is 526 g/mol. The summed E-state index contributed by atoms with van der Waals surface area (Å²) in [5, 5.41) is 10.5. The average molecular weight is 526 g/mol. The van der Waals surface area contributed by atoms with Crippen LogP contribution in [-0.2, 0) is 18.3 Å². The summed E-state index contributed by atoms with van der Waals surface area (Å²) in [6.45, 7) is 8.01. The normalized spacial score (nSPS) is 16.7. The zero-order valence-electron chi connectivity index (χ0n) is 17.8. The third-order valence-corrected chi connectivity index (χ3v) is 4.74. The molecule has 2 heterocycles. The van der Waals surface area contributed by atoms with Crippen LogP contribution < -0.4 is 10.6 Å². The first-order chi connectivity index (χ1) is 14.1. The van der Waals surface area contributed by atoms with Crippen molar-refractivity contribution in [2.24, 2.45) is 12.0 Å². The Morgan fingerprint density at radius 3 is 2.80 bits per heavy atom. The number of morpholine rings is 1. The van der Waals surface area contributed by atoms with E-state index in [4.69, 9.17) is 9.73 Å². The fourth-order valence-electron chi connectivity index (χ4n) is 3.32. The number of halogens is 1. The summed E-state index contributed by atoms with van der Waals surface area (Å²) < 4.78 is 7.73. The quantitative estimate of drug-likeness (QED) is 0.343. The van der Waals surface area contributed by atoms with E-state index < -0.39 is 0 Å². The fraction of sp³-hybridized carbons (Fsp3) is 0.476. The summed E-state index contributed by atoms with van der Waals surface area (Å²) in [7, 11) is 1.91. The van der Waals surface area contributed by atoms with Gasteiger partial charge < -0.3 is 20.3 Å². The number of amides is 1. The largest absolute Gasteiger partial charge is 0.370 e. The molecule has 30 heavy (non-hydrogen) atoms. The third-order valence-electron chi connectivity index (χ3n) is 4.74. The smallest absolute Gasteiger partial charge is 0.251 e. The van der Waals surface area contributed by atoms with Gasteiger partial charge in [-0.05, 0) is 31.5 Å². The summed E-state index contributed by atoms with van der Waals surface area (Å²) in [6, 6.07) is 7.61.